The van der Waals surface area contributed by atoms with E-state index in [0.717, 1.165) is 11.3 Å². The fraction of sp³-hybridized carbons (Fsp3) is 0.222. The molecule has 0 aliphatic carbocycles. The molecule has 0 spiro atoms. The second kappa shape index (κ2) is 4.81. The number of thioether (sulfide) groups is 1. The third-order valence-corrected chi connectivity index (χ3v) is 2.12. The number of benzene rings is 1. The first-order chi connectivity index (χ1) is 5.86. The van der Waals surface area contributed by atoms with E-state index in [1.807, 2.05) is 29.7 Å². The van der Waals surface area contributed by atoms with Crippen molar-refractivity contribution in [3.63, 3.8) is 0 Å². The lowest BCUT2D eigenvalue weighted by Gasteiger charge is -1.98. The minimum absolute atomic E-state index is 0.671. The monoisotopic (exact) mass is 178 g/mol. The molecule has 12 heavy (non-hydrogen) atoms. The summed E-state index contributed by atoms with van der Waals surface area (Å²) in [5.41, 5.74) is 6.62. The van der Waals surface area contributed by atoms with Crippen LogP contribution in [0.2, 0.25) is 0 Å². The van der Waals surface area contributed by atoms with Crippen LogP contribution in [-0.4, -0.2) is 6.54 Å². The van der Waals surface area contributed by atoms with Crippen LogP contribution >= 0.6 is 11.8 Å². The van der Waals surface area contributed by atoms with Crippen LogP contribution in [0.5, 0.6) is 0 Å². The quantitative estimate of drug-likeness (QED) is 0.566. The minimum Gasteiger partial charge on any atom is -0.330 e. The molecule has 0 amide bonds. The van der Waals surface area contributed by atoms with Crippen LogP contribution in [0.15, 0.2) is 29.2 Å². The number of nitriles is 1. The van der Waals surface area contributed by atoms with Gasteiger partial charge in [0, 0.05) is 4.90 Å². The summed E-state index contributed by atoms with van der Waals surface area (Å²) in [7, 11) is 0. The van der Waals surface area contributed by atoms with Crippen LogP contribution in [0, 0.1) is 10.7 Å². The molecule has 0 heterocycles. The highest BCUT2D eigenvalue weighted by Gasteiger charge is 1.93. The Morgan fingerprint density at radius 2 is 2.00 bits per heavy atom. The van der Waals surface area contributed by atoms with E-state index >= 15 is 0 Å². The maximum absolute atomic E-state index is 8.39. The Hall–Kier alpha value is -0.980. The number of rotatable bonds is 3. The van der Waals surface area contributed by atoms with E-state index in [1.165, 1.54) is 17.3 Å². The van der Waals surface area contributed by atoms with E-state index in [9.17, 15) is 0 Å². The predicted octanol–water partition coefficient (Wildman–Crippen LogP) is 1.76. The first-order valence-electron chi connectivity index (χ1n) is 3.72. The Kier molecular flexibility index (Phi) is 3.65. The lowest BCUT2D eigenvalue weighted by atomic mass is 10.2. The van der Waals surface area contributed by atoms with Gasteiger partial charge < -0.3 is 5.73 Å². The van der Waals surface area contributed by atoms with Gasteiger partial charge in [-0.3, -0.25) is 0 Å². The fourth-order valence-corrected chi connectivity index (χ4v) is 1.32. The number of hydrogen-bond acceptors (Lipinski definition) is 3. The molecular weight excluding hydrogens is 168 g/mol. The van der Waals surface area contributed by atoms with Crippen LogP contribution in [0.4, 0.5) is 0 Å². The molecule has 0 fully saturated rings. The molecule has 2 N–H and O–H groups in total. The van der Waals surface area contributed by atoms with Gasteiger partial charge >= 0.3 is 0 Å². The summed E-state index contributed by atoms with van der Waals surface area (Å²) in [5.74, 6) is 0. The van der Waals surface area contributed by atoms with Crippen molar-refractivity contribution in [1.82, 2.24) is 0 Å². The van der Waals surface area contributed by atoms with Gasteiger partial charge in [0.15, 0.2) is 0 Å². The molecule has 0 aliphatic rings. The van der Waals surface area contributed by atoms with Gasteiger partial charge in [-0.05, 0) is 42.4 Å². The maximum Gasteiger partial charge on any atom is 0.138 e. The van der Waals surface area contributed by atoms with Crippen molar-refractivity contribution in [3.05, 3.63) is 29.8 Å². The molecule has 0 radical (unpaired) electrons. The molecule has 1 rings (SSSR count). The maximum atomic E-state index is 8.39. The number of nitrogens with two attached hydrogens (primary N) is 1. The zero-order valence-corrected chi connectivity index (χ0v) is 7.47. The predicted molar refractivity (Wildman–Crippen MR) is 50.7 cm³/mol. The largest absolute Gasteiger partial charge is 0.330 e. The average molecular weight is 178 g/mol. The summed E-state index contributed by atoms with van der Waals surface area (Å²) in [6.45, 7) is 0.671. The van der Waals surface area contributed by atoms with Crippen LogP contribution in [0.3, 0.4) is 0 Å². The van der Waals surface area contributed by atoms with Crippen molar-refractivity contribution in [2.45, 2.75) is 11.3 Å². The first kappa shape index (κ1) is 9.11. The highest BCUT2D eigenvalue weighted by molar-refractivity contribution is 8.03. The first-order valence-corrected chi connectivity index (χ1v) is 4.53. The molecule has 0 saturated carbocycles. The number of thiocyanates is 1. The van der Waals surface area contributed by atoms with Crippen molar-refractivity contribution < 1.29 is 0 Å². The summed E-state index contributed by atoms with van der Waals surface area (Å²) in [4.78, 5) is 0.985. The third-order valence-electron chi connectivity index (χ3n) is 1.52. The molecule has 1 aromatic rings. The summed E-state index contributed by atoms with van der Waals surface area (Å²) in [6, 6.07) is 7.90. The minimum atomic E-state index is 0.671. The standard InChI is InChI=1S/C9H10N2S/c10-6-5-8-1-3-9(4-2-8)12-7-11/h1-4H,5-6,10H2. The second-order valence-electron chi connectivity index (χ2n) is 2.38. The van der Waals surface area contributed by atoms with Gasteiger partial charge in [-0.25, -0.2) is 0 Å². The topological polar surface area (TPSA) is 49.8 Å². The number of nitrogens with zero attached hydrogens (tertiary/aromatic N) is 1. The van der Waals surface area contributed by atoms with E-state index in [4.69, 9.17) is 11.0 Å². The second-order valence-corrected chi connectivity index (χ2v) is 3.23. The summed E-state index contributed by atoms with van der Waals surface area (Å²) in [6.07, 6.45) is 0.900. The normalized spacial score (nSPS) is 9.33. The fourth-order valence-electron chi connectivity index (χ4n) is 0.944. The van der Waals surface area contributed by atoms with Gasteiger partial charge in [0.05, 0.1) is 0 Å². The van der Waals surface area contributed by atoms with E-state index < -0.39 is 0 Å². The van der Waals surface area contributed by atoms with Gasteiger partial charge in [0.25, 0.3) is 0 Å². The van der Waals surface area contributed by atoms with Gasteiger partial charge in [-0.1, -0.05) is 12.1 Å². The van der Waals surface area contributed by atoms with Crippen molar-refractivity contribution in [2.75, 3.05) is 6.54 Å². The van der Waals surface area contributed by atoms with Crippen LogP contribution < -0.4 is 5.73 Å². The summed E-state index contributed by atoms with van der Waals surface area (Å²) >= 11 is 1.18. The highest BCUT2D eigenvalue weighted by Crippen LogP contribution is 2.16. The molecule has 3 heteroatoms. The third kappa shape index (κ3) is 2.57. The van der Waals surface area contributed by atoms with Crippen LogP contribution in [-0.2, 0) is 6.42 Å². The van der Waals surface area contributed by atoms with Gasteiger partial charge in [-0.2, -0.15) is 5.26 Å². The molecule has 0 aliphatic heterocycles. The Morgan fingerprint density at radius 3 is 2.50 bits per heavy atom. The van der Waals surface area contributed by atoms with Gasteiger partial charge in [-0.15, -0.1) is 0 Å². The molecule has 0 atom stereocenters. The van der Waals surface area contributed by atoms with Crippen molar-refractivity contribution in [3.8, 4) is 5.40 Å². The Morgan fingerprint density at radius 1 is 1.33 bits per heavy atom. The molecule has 0 bridgehead atoms. The zero-order valence-electron chi connectivity index (χ0n) is 6.66. The van der Waals surface area contributed by atoms with Crippen molar-refractivity contribution in [1.29, 1.82) is 5.26 Å². The van der Waals surface area contributed by atoms with Crippen molar-refractivity contribution in [2.24, 2.45) is 5.73 Å². The number of hydrogen-bond donors (Lipinski definition) is 1. The molecule has 1 aromatic carbocycles. The van der Waals surface area contributed by atoms with E-state index in [-0.39, 0.29) is 0 Å². The Labute approximate surface area is 76.4 Å². The van der Waals surface area contributed by atoms with Crippen molar-refractivity contribution >= 4 is 11.8 Å². The smallest absolute Gasteiger partial charge is 0.138 e. The molecule has 0 unspecified atom stereocenters. The summed E-state index contributed by atoms with van der Waals surface area (Å²) in [5, 5.41) is 10.4. The zero-order chi connectivity index (χ0) is 8.81. The van der Waals surface area contributed by atoms with Crippen LogP contribution in [0.25, 0.3) is 0 Å². The SMILES string of the molecule is N#CSc1ccc(CCN)cc1. The molecule has 0 saturated heterocycles. The lowest BCUT2D eigenvalue weighted by Crippen LogP contribution is -2.02. The lowest BCUT2D eigenvalue weighted by molar-refractivity contribution is 0.966. The molecule has 62 valence electrons. The Bertz CT molecular complexity index is 274. The average Bonchev–Trinajstić information content (AvgIpc) is 2.09. The molecule has 2 nitrogen and oxygen atoms in total. The van der Waals surface area contributed by atoms with E-state index in [2.05, 4.69) is 0 Å². The highest BCUT2D eigenvalue weighted by atomic mass is 32.2. The van der Waals surface area contributed by atoms with Gasteiger partial charge in [0.1, 0.15) is 5.40 Å². The molecular formula is C9H10N2S. The van der Waals surface area contributed by atoms with E-state index in [1.54, 1.807) is 0 Å². The van der Waals surface area contributed by atoms with Gasteiger partial charge in [0.2, 0.25) is 0 Å². The van der Waals surface area contributed by atoms with E-state index in [0.29, 0.717) is 6.54 Å². The molecule has 0 aromatic heterocycles. The Balaban J connectivity index is 2.66. The van der Waals surface area contributed by atoms with Crippen LogP contribution in [0.1, 0.15) is 5.56 Å². The summed E-state index contributed by atoms with van der Waals surface area (Å²) < 4.78 is 0.